The van der Waals surface area contributed by atoms with E-state index in [-0.39, 0.29) is 22.2 Å². The minimum atomic E-state index is -2.93. The lowest BCUT2D eigenvalue weighted by molar-refractivity contribution is -0.123. The van der Waals surface area contributed by atoms with Crippen LogP contribution in [0.15, 0.2) is 0 Å². The van der Waals surface area contributed by atoms with Crippen LogP contribution in [0.2, 0.25) is 0 Å². The second-order valence-electron chi connectivity index (χ2n) is 5.85. The Labute approximate surface area is 115 Å². The maximum Gasteiger partial charge on any atom is 0.156 e. The normalized spacial score (nSPS) is 33.0. The van der Waals surface area contributed by atoms with Crippen molar-refractivity contribution in [2.24, 2.45) is 5.92 Å². The number of ether oxygens (including phenoxy) is 1. The molecular weight excluding hydrogens is 264 g/mol. The number of Topliss-reactive ketones (excluding diaryl/α,β-unsaturated/α-hetero) is 1. The van der Waals surface area contributed by atoms with Gasteiger partial charge in [0.15, 0.2) is 9.84 Å². The van der Waals surface area contributed by atoms with E-state index in [0.717, 1.165) is 32.1 Å². The fourth-order valence-corrected chi connectivity index (χ4v) is 5.96. The molecule has 4 nitrogen and oxygen atoms in total. The van der Waals surface area contributed by atoms with Crippen molar-refractivity contribution in [1.82, 2.24) is 0 Å². The van der Waals surface area contributed by atoms with Crippen LogP contribution in [0.1, 0.15) is 51.4 Å². The highest BCUT2D eigenvalue weighted by molar-refractivity contribution is 7.92. The first kappa shape index (κ1) is 15.0. The van der Waals surface area contributed by atoms with Crippen molar-refractivity contribution >= 4 is 15.6 Å². The Morgan fingerprint density at radius 2 is 1.79 bits per heavy atom. The quantitative estimate of drug-likeness (QED) is 0.702. The van der Waals surface area contributed by atoms with Crippen LogP contribution in [0, 0.1) is 5.92 Å². The summed E-state index contributed by atoms with van der Waals surface area (Å²) in [6.07, 6.45) is 5.99. The Kier molecular flexibility index (Phi) is 5.01. The van der Waals surface area contributed by atoms with Gasteiger partial charge < -0.3 is 4.74 Å². The highest BCUT2D eigenvalue weighted by atomic mass is 32.2. The zero-order valence-corrected chi connectivity index (χ0v) is 12.5. The Balaban J connectivity index is 1.88. The molecule has 2 rings (SSSR count). The van der Waals surface area contributed by atoms with E-state index < -0.39 is 9.84 Å². The minimum absolute atomic E-state index is 0.0126. The van der Waals surface area contributed by atoms with Crippen LogP contribution in [0.25, 0.3) is 0 Å². The number of hydrogen-bond donors (Lipinski definition) is 0. The van der Waals surface area contributed by atoms with E-state index >= 15 is 0 Å². The predicted molar refractivity (Wildman–Crippen MR) is 73.8 cm³/mol. The summed E-state index contributed by atoms with van der Waals surface area (Å²) in [4.78, 5) is 12.2. The maximum absolute atomic E-state index is 12.2. The number of unbranched alkanes of at least 4 members (excludes halogenated alkanes) is 1. The molecule has 0 aromatic carbocycles. The summed E-state index contributed by atoms with van der Waals surface area (Å²) in [5, 5.41) is -0.485. The second kappa shape index (κ2) is 6.35. The van der Waals surface area contributed by atoms with E-state index in [9.17, 15) is 13.2 Å². The number of carbonyl (C=O) groups is 1. The van der Waals surface area contributed by atoms with Gasteiger partial charge in [-0.25, -0.2) is 8.42 Å². The summed E-state index contributed by atoms with van der Waals surface area (Å²) >= 11 is 0. The summed E-state index contributed by atoms with van der Waals surface area (Å²) < 4.78 is 29.2. The van der Waals surface area contributed by atoms with E-state index in [4.69, 9.17) is 4.74 Å². The topological polar surface area (TPSA) is 60.4 Å². The van der Waals surface area contributed by atoms with Crippen LogP contribution in [0.4, 0.5) is 0 Å². The molecule has 0 spiro atoms. The molecule has 0 aromatic rings. The lowest BCUT2D eigenvalue weighted by Crippen LogP contribution is -2.45. The Hall–Kier alpha value is -0.420. The van der Waals surface area contributed by atoms with Gasteiger partial charge in [-0.3, -0.25) is 4.79 Å². The molecule has 5 heteroatoms. The van der Waals surface area contributed by atoms with Gasteiger partial charge in [0.25, 0.3) is 0 Å². The summed E-state index contributed by atoms with van der Waals surface area (Å²) in [6.45, 7) is 0.692. The van der Waals surface area contributed by atoms with Gasteiger partial charge in [-0.1, -0.05) is 6.42 Å². The second-order valence-corrected chi connectivity index (χ2v) is 8.36. The minimum Gasteiger partial charge on any atom is -0.385 e. The van der Waals surface area contributed by atoms with E-state index in [1.54, 1.807) is 7.11 Å². The van der Waals surface area contributed by atoms with Crippen LogP contribution >= 0.6 is 0 Å². The summed E-state index contributed by atoms with van der Waals surface area (Å²) in [5.41, 5.74) is 0. The number of carbonyl (C=O) groups excluding carboxylic acids is 1. The first-order chi connectivity index (χ1) is 9.05. The molecule has 0 N–H and O–H groups in total. The molecule has 2 bridgehead atoms. The molecular formula is C14H24O4S. The largest absolute Gasteiger partial charge is 0.385 e. The molecule has 0 aromatic heterocycles. The van der Waals surface area contributed by atoms with Crippen LogP contribution in [-0.2, 0) is 19.4 Å². The smallest absolute Gasteiger partial charge is 0.156 e. The van der Waals surface area contributed by atoms with Gasteiger partial charge in [0.1, 0.15) is 5.78 Å². The number of ketones is 1. The number of sulfone groups is 1. The molecule has 2 heterocycles. The zero-order valence-electron chi connectivity index (χ0n) is 11.6. The first-order valence-corrected chi connectivity index (χ1v) is 8.91. The van der Waals surface area contributed by atoms with Crippen molar-refractivity contribution in [3.63, 3.8) is 0 Å². The molecule has 0 amide bonds. The SMILES string of the molecule is COCCCCC(=O)C1CC2CCCC(C1)S2(=O)=O. The summed E-state index contributed by atoms with van der Waals surface area (Å²) in [6, 6.07) is 0. The number of fused-ring (bicyclic) bond motifs is 2. The average Bonchev–Trinajstić information content (AvgIpc) is 2.33. The van der Waals surface area contributed by atoms with Crippen molar-refractivity contribution in [3.8, 4) is 0 Å². The van der Waals surface area contributed by atoms with Crippen LogP contribution < -0.4 is 0 Å². The van der Waals surface area contributed by atoms with E-state index in [1.165, 1.54) is 0 Å². The molecule has 2 saturated heterocycles. The molecule has 0 saturated carbocycles. The van der Waals surface area contributed by atoms with Gasteiger partial charge >= 0.3 is 0 Å². The molecule has 19 heavy (non-hydrogen) atoms. The lowest BCUT2D eigenvalue weighted by atomic mass is 9.85. The predicted octanol–water partition coefficient (Wildman–Crippen LogP) is 2.12. The highest BCUT2D eigenvalue weighted by Gasteiger charge is 2.45. The summed E-state index contributed by atoms with van der Waals surface area (Å²) in [7, 11) is -1.27. The van der Waals surface area contributed by atoms with Crippen LogP contribution in [0.3, 0.4) is 0 Å². The van der Waals surface area contributed by atoms with E-state index in [1.807, 2.05) is 0 Å². The van der Waals surface area contributed by atoms with Gasteiger partial charge in [-0.05, 0) is 38.5 Å². The van der Waals surface area contributed by atoms with Gasteiger partial charge in [0, 0.05) is 26.1 Å². The van der Waals surface area contributed by atoms with E-state index in [2.05, 4.69) is 0 Å². The van der Waals surface area contributed by atoms with Crippen molar-refractivity contribution in [1.29, 1.82) is 0 Å². The molecule has 2 fully saturated rings. The highest BCUT2D eigenvalue weighted by Crippen LogP contribution is 2.40. The molecule has 2 aliphatic heterocycles. The third kappa shape index (κ3) is 3.37. The fraction of sp³-hybridized carbons (Fsp3) is 0.929. The van der Waals surface area contributed by atoms with Gasteiger partial charge in [0.05, 0.1) is 10.5 Å². The van der Waals surface area contributed by atoms with Gasteiger partial charge in [0.2, 0.25) is 0 Å². The first-order valence-electron chi connectivity index (χ1n) is 7.30. The van der Waals surface area contributed by atoms with Crippen LogP contribution in [0.5, 0.6) is 0 Å². The molecule has 110 valence electrons. The van der Waals surface area contributed by atoms with Crippen molar-refractivity contribution in [2.45, 2.75) is 61.9 Å². The van der Waals surface area contributed by atoms with Gasteiger partial charge in [-0.15, -0.1) is 0 Å². The molecule has 0 radical (unpaired) electrons. The standard InChI is InChI=1S/C14H24O4S/c1-18-8-3-2-7-14(15)11-9-12-5-4-6-13(10-11)19(12,16)17/h11-13H,2-10H2,1H3. The van der Waals surface area contributed by atoms with E-state index in [0.29, 0.717) is 25.9 Å². The molecule has 0 aliphatic carbocycles. The molecule has 2 unspecified atom stereocenters. The fourth-order valence-electron chi connectivity index (χ4n) is 3.42. The number of hydrogen-bond acceptors (Lipinski definition) is 4. The van der Waals surface area contributed by atoms with Crippen molar-refractivity contribution in [3.05, 3.63) is 0 Å². The molecule has 2 atom stereocenters. The van der Waals surface area contributed by atoms with Gasteiger partial charge in [-0.2, -0.15) is 0 Å². The maximum atomic E-state index is 12.2. The Bertz CT molecular complexity index is 395. The summed E-state index contributed by atoms with van der Waals surface area (Å²) in [5.74, 6) is 0.254. The monoisotopic (exact) mass is 288 g/mol. The lowest BCUT2D eigenvalue weighted by Gasteiger charge is -2.38. The van der Waals surface area contributed by atoms with Crippen LogP contribution in [-0.4, -0.2) is 38.4 Å². The molecule has 2 aliphatic rings. The van der Waals surface area contributed by atoms with Crippen molar-refractivity contribution in [2.75, 3.05) is 13.7 Å². The third-order valence-corrected chi connectivity index (χ3v) is 7.27. The third-order valence-electron chi connectivity index (χ3n) is 4.55. The van der Waals surface area contributed by atoms with Crippen molar-refractivity contribution < 1.29 is 17.9 Å². The number of rotatable bonds is 6. The number of methoxy groups -OCH3 is 1. The Morgan fingerprint density at radius 3 is 2.37 bits per heavy atom. The zero-order chi connectivity index (χ0) is 13.9. The Morgan fingerprint density at radius 1 is 1.16 bits per heavy atom. The average molecular weight is 288 g/mol.